The van der Waals surface area contributed by atoms with E-state index in [-0.39, 0.29) is 10.3 Å². The molecule has 0 amide bonds. The quantitative estimate of drug-likeness (QED) is 0.774. The van der Waals surface area contributed by atoms with Crippen molar-refractivity contribution in [3.05, 3.63) is 29.8 Å². The summed E-state index contributed by atoms with van der Waals surface area (Å²) in [5.41, 5.74) is 0.833. The molecular weight excluding hydrogens is 234 g/mol. The molecular formula is C13H19NO2S. The van der Waals surface area contributed by atoms with Gasteiger partial charge in [-0.1, -0.05) is 38.5 Å². The zero-order valence-electron chi connectivity index (χ0n) is 10.8. The van der Waals surface area contributed by atoms with Gasteiger partial charge in [0.05, 0.1) is 4.90 Å². The van der Waals surface area contributed by atoms with Crippen LogP contribution in [0.3, 0.4) is 0 Å². The Labute approximate surface area is 104 Å². The van der Waals surface area contributed by atoms with E-state index in [0.717, 1.165) is 12.0 Å². The molecule has 0 heterocycles. The van der Waals surface area contributed by atoms with Crippen molar-refractivity contribution in [2.45, 2.75) is 39.0 Å². The van der Waals surface area contributed by atoms with E-state index in [2.05, 4.69) is 4.40 Å². The second-order valence-corrected chi connectivity index (χ2v) is 6.50. The lowest BCUT2D eigenvalue weighted by Gasteiger charge is -2.15. The molecule has 94 valence electrons. The molecule has 0 unspecified atom stereocenters. The highest BCUT2D eigenvalue weighted by Gasteiger charge is 2.16. The first-order valence-electron chi connectivity index (χ1n) is 5.65. The lowest BCUT2D eigenvalue weighted by atomic mass is 9.92. The SMILES string of the molecule is CCC(C)(C)/C=N/S(=O)(=O)c1ccc(C)cc1. The molecule has 0 spiro atoms. The fourth-order valence-electron chi connectivity index (χ4n) is 1.07. The topological polar surface area (TPSA) is 46.5 Å². The average Bonchev–Trinajstić information content (AvgIpc) is 2.27. The van der Waals surface area contributed by atoms with Gasteiger partial charge in [0.25, 0.3) is 10.0 Å². The van der Waals surface area contributed by atoms with Crippen molar-refractivity contribution in [1.82, 2.24) is 0 Å². The lowest BCUT2D eigenvalue weighted by molar-refractivity contribution is 0.515. The van der Waals surface area contributed by atoms with Crippen molar-refractivity contribution < 1.29 is 8.42 Å². The van der Waals surface area contributed by atoms with E-state index in [1.165, 1.54) is 6.21 Å². The second-order valence-electron chi connectivity index (χ2n) is 4.86. The Balaban J connectivity index is 3.01. The minimum absolute atomic E-state index is 0.197. The molecule has 0 fully saturated rings. The summed E-state index contributed by atoms with van der Waals surface area (Å²) in [6.45, 7) is 7.84. The molecule has 0 N–H and O–H groups in total. The highest BCUT2D eigenvalue weighted by atomic mass is 32.2. The van der Waals surface area contributed by atoms with Crippen LogP contribution in [0.25, 0.3) is 0 Å². The molecule has 0 radical (unpaired) electrons. The molecule has 0 saturated heterocycles. The molecule has 0 bridgehead atoms. The van der Waals surface area contributed by atoms with Gasteiger partial charge in [-0.25, -0.2) is 0 Å². The van der Waals surface area contributed by atoms with Gasteiger partial charge in [-0.2, -0.15) is 12.8 Å². The molecule has 0 saturated carbocycles. The number of benzene rings is 1. The predicted octanol–water partition coefficient (Wildman–Crippen LogP) is 3.19. The maximum Gasteiger partial charge on any atom is 0.281 e. The monoisotopic (exact) mass is 253 g/mol. The van der Waals surface area contributed by atoms with E-state index in [1.54, 1.807) is 24.3 Å². The number of rotatable bonds is 4. The molecule has 0 aliphatic heterocycles. The number of nitrogens with zero attached hydrogens (tertiary/aromatic N) is 1. The van der Waals surface area contributed by atoms with E-state index in [0.29, 0.717) is 0 Å². The van der Waals surface area contributed by atoms with Crippen LogP contribution in [0.5, 0.6) is 0 Å². The van der Waals surface area contributed by atoms with E-state index < -0.39 is 10.0 Å². The molecule has 1 aromatic rings. The van der Waals surface area contributed by atoms with E-state index in [9.17, 15) is 8.42 Å². The summed E-state index contributed by atoms with van der Waals surface area (Å²) in [6.07, 6.45) is 2.36. The minimum Gasteiger partial charge on any atom is -0.199 e. The molecule has 4 heteroatoms. The first-order chi connectivity index (χ1) is 7.77. The van der Waals surface area contributed by atoms with E-state index in [4.69, 9.17) is 0 Å². The zero-order valence-corrected chi connectivity index (χ0v) is 11.6. The third-order valence-electron chi connectivity index (χ3n) is 2.77. The van der Waals surface area contributed by atoms with Crippen LogP contribution < -0.4 is 0 Å². The molecule has 3 nitrogen and oxygen atoms in total. The third kappa shape index (κ3) is 3.97. The molecule has 1 rings (SSSR count). The smallest absolute Gasteiger partial charge is 0.199 e. The third-order valence-corrected chi connectivity index (χ3v) is 4.02. The molecule has 1 aromatic carbocycles. The van der Waals surface area contributed by atoms with Gasteiger partial charge in [0, 0.05) is 11.6 Å². The van der Waals surface area contributed by atoms with Gasteiger partial charge in [-0.05, 0) is 25.5 Å². The van der Waals surface area contributed by atoms with Crippen molar-refractivity contribution in [2.24, 2.45) is 9.81 Å². The van der Waals surface area contributed by atoms with Crippen LogP contribution in [0.15, 0.2) is 33.6 Å². The van der Waals surface area contributed by atoms with Crippen LogP contribution in [0.2, 0.25) is 0 Å². The highest BCUT2D eigenvalue weighted by Crippen LogP contribution is 2.19. The Morgan fingerprint density at radius 3 is 2.24 bits per heavy atom. The van der Waals surface area contributed by atoms with Gasteiger partial charge >= 0.3 is 0 Å². The number of hydrogen-bond donors (Lipinski definition) is 0. The van der Waals surface area contributed by atoms with Crippen molar-refractivity contribution in [3.8, 4) is 0 Å². The fraction of sp³-hybridized carbons (Fsp3) is 0.462. The number of sulfonamides is 1. The Hall–Kier alpha value is -1.16. The Morgan fingerprint density at radius 2 is 1.76 bits per heavy atom. The van der Waals surface area contributed by atoms with Gasteiger partial charge in [0.15, 0.2) is 0 Å². The number of hydrogen-bond acceptors (Lipinski definition) is 2. The number of aryl methyl sites for hydroxylation is 1. The van der Waals surface area contributed by atoms with Crippen LogP contribution in [0.4, 0.5) is 0 Å². The van der Waals surface area contributed by atoms with Crippen molar-refractivity contribution in [1.29, 1.82) is 0 Å². The summed E-state index contributed by atoms with van der Waals surface area (Å²) in [5.74, 6) is 0. The van der Waals surface area contributed by atoms with Gasteiger partial charge in [-0.15, -0.1) is 0 Å². The van der Waals surface area contributed by atoms with Gasteiger partial charge in [0.2, 0.25) is 0 Å². The first-order valence-corrected chi connectivity index (χ1v) is 7.09. The minimum atomic E-state index is -3.55. The maximum absolute atomic E-state index is 11.9. The normalized spacial score (nSPS) is 13.2. The van der Waals surface area contributed by atoms with Gasteiger partial charge < -0.3 is 0 Å². The molecule has 17 heavy (non-hydrogen) atoms. The van der Waals surface area contributed by atoms with Crippen LogP contribution in [-0.2, 0) is 10.0 Å². The predicted molar refractivity (Wildman–Crippen MR) is 70.9 cm³/mol. The summed E-state index contributed by atoms with van der Waals surface area (Å²) in [6, 6.07) is 6.71. The summed E-state index contributed by atoms with van der Waals surface area (Å²) in [4.78, 5) is 0.242. The zero-order chi connectivity index (χ0) is 13.1. The van der Waals surface area contributed by atoms with E-state index >= 15 is 0 Å². The largest absolute Gasteiger partial charge is 0.281 e. The lowest BCUT2D eigenvalue weighted by Crippen LogP contribution is -2.12. The van der Waals surface area contributed by atoms with Crippen LogP contribution in [0, 0.1) is 12.3 Å². The van der Waals surface area contributed by atoms with Crippen molar-refractivity contribution >= 4 is 16.2 Å². The fourth-order valence-corrected chi connectivity index (χ4v) is 2.10. The molecule has 0 aliphatic carbocycles. The van der Waals surface area contributed by atoms with Crippen molar-refractivity contribution in [3.63, 3.8) is 0 Å². The van der Waals surface area contributed by atoms with Crippen LogP contribution >= 0.6 is 0 Å². The standard InChI is InChI=1S/C13H19NO2S/c1-5-13(3,4)10-14-17(15,16)12-8-6-11(2)7-9-12/h6-10H,5H2,1-4H3/b14-10+. The summed E-state index contributed by atoms with van der Waals surface area (Å²) in [5, 5.41) is 0. The highest BCUT2D eigenvalue weighted by molar-refractivity contribution is 7.90. The Morgan fingerprint density at radius 1 is 1.24 bits per heavy atom. The van der Waals surface area contributed by atoms with Crippen LogP contribution in [-0.4, -0.2) is 14.6 Å². The van der Waals surface area contributed by atoms with Crippen molar-refractivity contribution in [2.75, 3.05) is 0 Å². The summed E-state index contributed by atoms with van der Waals surface area (Å²) in [7, 11) is -3.55. The van der Waals surface area contributed by atoms with Gasteiger partial charge in [0.1, 0.15) is 0 Å². The second kappa shape index (κ2) is 5.00. The van der Waals surface area contributed by atoms with Gasteiger partial charge in [-0.3, -0.25) is 0 Å². The van der Waals surface area contributed by atoms with E-state index in [1.807, 2.05) is 27.7 Å². The Kier molecular flexibility index (Phi) is 4.09. The molecule has 0 aliphatic rings. The first kappa shape index (κ1) is 13.9. The summed E-state index contributed by atoms with van der Waals surface area (Å²) < 4.78 is 27.6. The van der Waals surface area contributed by atoms with Crippen LogP contribution in [0.1, 0.15) is 32.8 Å². The molecule has 0 aromatic heterocycles. The average molecular weight is 253 g/mol. The maximum atomic E-state index is 11.9. The summed E-state index contributed by atoms with van der Waals surface area (Å²) >= 11 is 0. The molecule has 0 atom stereocenters. The Bertz CT molecular complexity index is 499.